The van der Waals surface area contributed by atoms with Crippen molar-refractivity contribution in [1.82, 2.24) is 0 Å². The van der Waals surface area contributed by atoms with Gasteiger partial charge in [0, 0.05) is 11.8 Å². The molecule has 7 nitrogen and oxygen atoms in total. The molecule has 1 aliphatic rings. The number of nitrogens with one attached hydrogen (secondary N) is 1. The summed E-state index contributed by atoms with van der Waals surface area (Å²) in [6, 6.07) is 17.1. The van der Waals surface area contributed by atoms with Gasteiger partial charge in [-0.25, -0.2) is 0 Å². The molecular weight excluding hydrogens is 320 g/mol. The predicted molar refractivity (Wildman–Crippen MR) is 86.6 cm³/mol. The highest BCUT2D eigenvalue weighted by atomic mass is 16.7. The first-order chi connectivity index (χ1) is 12.2. The average molecular weight is 330 g/mol. The van der Waals surface area contributed by atoms with Crippen LogP contribution in [0.2, 0.25) is 0 Å². The molecule has 120 valence electrons. The molecule has 0 spiro atoms. The standard InChI is InChI=1S/C18H10N4O3/c19-8-12(9-20)16(10-21)22-13-1-3-14(4-2-13)25-15-5-6-17-18(7-15)24-11-23-17/h1-7,22H,11H2. The van der Waals surface area contributed by atoms with E-state index < -0.39 is 0 Å². The van der Waals surface area contributed by atoms with E-state index in [1.807, 2.05) is 0 Å². The predicted octanol–water partition coefficient (Wildman–Crippen LogP) is 3.44. The number of anilines is 1. The second kappa shape index (κ2) is 6.95. The number of hydrogen-bond acceptors (Lipinski definition) is 7. The van der Waals surface area contributed by atoms with Gasteiger partial charge in [-0.05, 0) is 36.4 Å². The van der Waals surface area contributed by atoms with Crippen LogP contribution in [0.5, 0.6) is 23.0 Å². The molecule has 0 saturated heterocycles. The maximum Gasteiger partial charge on any atom is 0.231 e. The lowest BCUT2D eigenvalue weighted by molar-refractivity contribution is 0.174. The molecule has 0 aliphatic carbocycles. The minimum atomic E-state index is -0.275. The summed E-state index contributed by atoms with van der Waals surface area (Å²) in [5, 5.41) is 29.4. The third-order valence-electron chi connectivity index (χ3n) is 3.29. The van der Waals surface area contributed by atoms with Crippen molar-refractivity contribution in [2.24, 2.45) is 0 Å². The number of ether oxygens (including phenoxy) is 3. The Kier molecular flexibility index (Phi) is 4.38. The molecule has 0 atom stereocenters. The minimum Gasteiger partial charge on any atom is -0.457 e. The van der Waals surface area contributed by atoms with Gasteiger partial charge in [-0.1, -0.05) is 0 Å². The molecule has 7 heteroatoms. The molecule has 0 radical (unpaired) electrons. The van der Waals surface area contributed by atoms with Gasteiger partial charge in [0.25, 0.3) is 0 Å². The van der Waals surface area contributed by atoms with Gasteiger partial charge in [0.05, 0.1) is 0 Å². The fraction of sp³-hybridized carbons (Fsp3) is 0.0556. The molecule has 1 N–H and O–H groups in total. The van der Waals surface area contributed by atoms with E-state index in [1.54, 1.807) is 60.7 Å². The summed E-state index contributed by atoms with van der Waals surface area (Å²) in [6.45, 7) is 0.196. The van der Waals surface area contributed by atoms with E-state index in [-0.39, 0.29) is 18.1 Å². The highest BCUT2D eigenvalue weighted by Gasteiger charge is 2.14. The normalized spacial score (nSPS) is 10.8. The number of nitrogens with zero attached hydrogens (tertiary/aromatic N) is 3. The molecule has 2 aromatic carbocycles. The summed E-state index contributed by atoms with van der Waals surface area (Å²) >= 11 is 0. The van der Waals surface area contributed by atoms with Crippen LogP contribution in [0, 0.1) is 34.0 Å². The van der Waals surface area contributed by atoms with Crippen molar-refractivity contribution in [3.63, 3.8) is 0 Å². The Hall–Kier alpha value is -4.15. The van der Waals surface area contributed by atoms with Crippen molar-refractivity contribution in [2.45, 2.75) is 0 Å². The summed E-state index contributed by atoms with van der Waals surface area (Å²) in [5.74, 6) is 2.47. The van der Waals surface area contributed by atoms with E-state index in [4.69, 9.17) is 30.0 Å². The van der Waals surface area contributed by atoms with Crippen LogP contribution in [0.25, 0.3) is 0 Å². The van der Waals surface area contributed by atoms with Crippen LogP contribution in [-0.4, -0.2) is 6.79 Å². The van der Waals surface area contributed by atoms with E-state index in [1.165, 1.54) is 0 Å². The topological polar surface area (TPSA) is 111 Å². The first kappa shape index (κ1) is 15.7. The molecule has 0 aromatic heterocycles. The van der Waals surface area contributed by atoms with Gasteiger partial charge in [-0.15, -0.1) is 0 Å². The first-order valence-corrected chi connectivity index (χ1v) is 7.12. The number of rotatable bonds is 4. The molecule has 0 unspecified atom stereocenters. The monoisotopic (exact) mass is 330 g/mol. The highest BCUT2D eigenvalue weighted by molar-refractivity contribution is 5.59. The van der Waals surface area contributed by atoms with Crippen molar-refractivity contribution in [2.75, 3.05) is 12.1 Å². The number of fused-ring (bicyclic) bond motifs is 1. The molecule has 0 saturated carbocycles. The van der Waals surface area contributed by atoms with Gasteiger partial charge in [0.1, 0.15) is 35.4 Å². The Labute approximate surface area is 143 Å². The van der Waals surface area contributed by atoms with E-state index in [2.05, 4.69) is 5.32 Å². The molecule has 25 heavy (non-hydrogen) atoms. The summed E-state index contributed by atoms with van der Waals surface area (Å²) in [5.41, 5.74) is 0.176. The molecule has 0 fully saturated rings. The molecule has 1 heterocycles. The molecule has 2 aromatic rings. The Balaban J connectivity index is 1.73. The Morgan fingerprint density at radius 1 is 0.880 bits per heavy atom. The minimum absolute atomic E-state index is 0.102. The van der Waals surface area contributed by atoms with Crippen molar-refractivity contribution in [3.8, 4) is 41.2 Å². The Morgan fingerprint density at radius 3 is 2.24 bits per heavy atom. The van der Waals surface area contributed by atoms with Crippen LogP contribution in [0.3, 0.4) is 0 Å². The van der Waals surface area contributed by atoms with Crippen molar-refractivity contribution in [1.29, 1.82) is 15.8 Å². The smallest absolute Gasteiger partial charge is 0.231 e. The first-order valence-electron chi connectivity index (χ1n) is 7.12. The van der Waals surface area contributed by atoms with Gasteiger partial charge in [-0.2, -0.15) is 15.8 Å². The maximum atomic E-state index is 9.03. The number of hydrogen-bond donors (Lipinski definition) is 1. The van der Waals surface area contributed by atoms with Crippen molar-refractivity contribution in [3.05, 3.63) is 53.7 Å². The van der Waals surface area contributed by atoms with Crippen molar-refractivity contribution < 1.29 is 14.2 Å². The molecule has 1 aliphatic heterocycles. The number of allylic oxidation sites excluding steroid dienone is 2. The lowest BCUT2D eigenvalue weighted by Gasteiger charge is -2.08. The third kappa shape index (κ3) is 3.44. The van der Waals surface area contributed by atoms with Gasteiger partial charge < -0.3 is 19.5 Å². The van der Waals surface area contributed by atoms with Crippen LogP contribution in [0.15, 0.2) is 53.7 Å². The fourth-order valence-corrected chi connectivity index (χ4v) is 2.11. The molecule has 0 bridgehead atoms. The van der Waals surface area contributed by atoms with Gasteiger partial charge in [0.2, 0.25) is 6.79 Å². The third-order valence-corrected chi connectivity index (χ3v) is 3.29. The lowest BCUT2D eigenvalue weighted by Crippen LogP contribution is -2.00. The second-order valence-corrected chi connectivity index (χ2v) is 4.85. The quantitative estimate of drug-likeness (QED) is 0.854. The molecular formula is C18H10N4O3. The summed E-state index contributed by atoms with van der Waals surface area (Å²) in [4.78, 5) is 0. The van der Waals surface area contributed by atoms with E-state index in [9.17, 15) is 0 Å². The summed E-state index contributed by atoms with van der Waals surface area (Å²) in [7, 11) is 0. The zero-order valence-electron chi connectivity index (χ0n) is 12.8. The SMILES string of the molecule is N#CC(C#N)=C(C#N)Nc1ccc(Oc2ccc3c(c2)OCO3)cc1. The maximum absolute atomic E-state index is 9.03. The second-order valence-electron chi connectivity index (χ2n) is 4.85. The van der Waals surface area contributed by atoms with E-state index in [0.717, 1.165) is 0 Å². The summed E-state index contributed by atoms with van der Waals surface area (Å²) in [6.07, 6.45) is 0. The van der Waals surface area contributed by atoms with Crippen LogP contribution in [0.1, 0.15) is 0 Å². The van der Waals surface area contributed by atoms with E-state index in [0.29, 0.717) is 28.7 Å². The number of benzene rings is 2. The van der Waals surface area contributed by atoms with Crippen LogP contribution < -0.4 is 19.5 Å². The van der Waals surface area contributed by atoms with Crippen molar-refractivity contribution >= 4 is 5.69 Å². The summed E-state index contributed by atoms with van der Waals surface area (Å²) < 4.78 is 16.3. The highest BCUT2D eigenvalue weighted by Crippen LogP contribution is 2.36. The lowest BCUT2D eigenvalue weighted by atomic mass is 10.2. The zero-order valence-corrected chi connectivity index (χ0v) is 12.8. The number of nitriles is 3. The molecule has 3 rings (SSSR count). The zero-order chi connectivity index (χ0) is 17.6. The van der Waals surface area contributed by atoms with Gasteiger partial charge >= 0.3 is 0 Å². The molecule has 0 amide bonds. The van der Waals surface area contributed by atoms with Gasteiger partial charge in [0.15, 0.2) is 17.1 Å². The van der Waals surface area contributed by atoms with E-state index >= 15 is 0 Å². The van der Waals surface area contributed by atoms with Crippen LogP contribution in [-0.2, 0) is 0 Å². The van der Waals surface area contributed by atoms with Crippen LogP contribution in [0.4, 0.5) is 5.69 Å². The Bertz CT molecular complexity index is 944. The largest absolute Gasteiger partial charge is 0.457 e. The van der Waals surface area contributed by atoms with Crippen LogP contribution >= 0.6 is 0 Å². The fourth-order valence-electron chi connectivity index (χ4n) is 2.11. The van der Waals surface area contributed by atoms with Gasteiger partial charge in [-0.3, -0.25) is 0 Å². The Morgan fingerprint density at radius 2 is 1.56 bits per heavy atom. The average Bonchev–Trinajstić information content (AvgIpc) is 3.11.